The van der Waals surface area contributed by atoms with Crippen LogP contribution in [0.4, 0.5) is 23.1 Å². The minimum atomic E-state index is 0.477. The Morgan fingerprint density at radius 3 is 2.54 bits per heavy atom. The molecule has 2 aromatic heterocycles. The van der Waals surface area contributed by atoms with Crippen LogP contribution in [0.1, 0.15) is 51.0 Å². The number of imidazole rings is 1. The van der Waals surface area contributed by atoms with Crippen LogP contribution in [-0.2, 0) is 0 Å². The number of nitrogens with one attached hydrogen (secondary N) is 3. The van der Waals surface area contributed by atoms with Gasteiger partial charge in [-0.1, -0.05) is 19.3 Å². The van der Waals surface area contributed by atoms with Crippen molar-refractivity contribution in [3.05, 3.63) is 30.6 Å². The van der Waals surface area contributed by atoms with Crippen molar-refractivity contribution in [2.75, 3.05) is 54.8 Å². The molecule has 186 valence electrons. The van der Waals surface area contributed by atoms with Crippen LogP contribution in [0.3, 0.4) is 0 Å². The minimum absolute atomic E-state index is 0.477. The van der Waals surface area contributed by atoms with Gasteiger partial charge in [-0.25, -0.2) is 4.98 Å². The number of hydrogen-bond donors (Lipinski definition) is 4. The van der Waals surface area contributed by atoms with Crippen molar-refractivity contribution in [1.82, 2.24) is 24.8 Å². The van der Waals surface area contributed by atoms with E-state index in [0.29, 0.717) is 17.4 Å². The van der Waals surface area contributed by atoms with Gasteiger partial charge in [-0.3, -0.25) is 0 Å². The lowest BCUT2D eigenvalue weighted by atomic mass is 9.74. The summed E-state index contributed by atoms with van der Waals surface area (Å²) < 4.78 is 2.26. The Morgan fingerprint density at radius 2 is 1.83 bits per heavy atom. The van der Waals surface area contributed by atoms with Crippen molar-refractivity contribution >= 4 is 34.3 Å². The highest BCUT2D eigenvalue weighted by Gasteiger charge is 2.47. The van der Waals surface area contributed by atoms with Gasteiger partial charge in [-0.2, -0.15) is 9.97 Å². The minimum Gasteiger partial charge on any atom is -0.370 e. The molecule has 1 saturated carbocycles. The van der Waals surface area contributed by atoms with Gasteiger partial charge in [0.15, 0.2) is 17.0 Å². The van der Waals surface area contributed by atoms with E-state index in [1.807, 2.05) is 6.33 Å². The maximum Gasteiger partial charge on any atom is 0.226 e. The maximum atomic E-state index is 5.63. The molecular formula is C26H37N9. The molecule has 35 heavy (non-hydrogen) atoms. The topological polar surface area (TPSA) is 109 Å². The predicted molar refractivity (Wildman–Crippen MR) is 141 cm³/mol. The second kappa shape index (κ2) is 9.62. The van der Waals surface area contributed by atoms with Gasteiger partial charge in [0.1, 0.15) is 0 Å². The Hall–Kier alpha value is -2.91. The van der Waals surface area contributed by atoms with Crippen molar-refractivity contribution in [1.29, 1.82) is 0 Å². The maximum absolute atomic E-state index is 5.63. The van der Waals surface area contributed by atoms with Crippen molar-refractivity contribution in [3.8, 4) is 0 Å². The molecule has 9 heteroatoms. The van der Waals surface area contributed by atoms with Crippen LogP contribution < -0.4 is 26.6 Å². The first kappa shape index (κ1) is 22.5. The molecule has 3 aliphatic rings. The molecule has 1 aliphatic carbocycles. The number of hydrogen-bond acceptors (Lipinski definition) is 8. The van der Waals surface area contributed by atoms with Crippen LogP contribution >= 0.6 is 0 Å². The lowest BCUT2D eigenvalue weighted by Gasteiger charge is -2.57. The number of nitrogens with two attached hydrogens (primary N) is 1. The lowest BCUT2D eigenvalue weighted by molar-refractivity contribution is 0.121. The summed E-state index contributed by atoms with van der Waals surface area (Å²) in [5, 5.41) is 10.4. The molecule has 0 amide bonds. The standard InChI is InChI=1S/C26H37N9/c27-12-4-1-5-13-29-25-32-23(22-24(33-25)35(18-30-22)21-6-2-3-7-21)31-19-8-10-20(11-9-19)34-16-26(17-34)14-28-15-26/h8-11,18,21,28H,1-7,12-17,27H2,(H2,29,31,32,33). The molecule has 3 fully saturated rings. The Balaban J connectivity index is 1.21. The van der Waals surface area contributed by atoms with E-state index in [1.54, 1.807) is 0 Å². The van der Waals surface area contributed by atoms with Gasteiger partial charge in [0.25, 0.3) is 0 Å². The van der Waals surface area contributed by atoms with E-state index in [9.17, 15) is 0 Å². The first-order chi connectivity index (χ1) is 17.2. The molecule has 0 unspecified atom stereocenters. The van der Waals surface area contributed by atoms with Crippen LogP contribution in [0.5, 0.6) is 0 Å². The van der Waals surface area contributed by atoms with Gasteiger partial charge in [-0.05, 0) is 56.5 Å². The van der Waals surface area contributed by atoms with Crippen LogP contribution in [0, 0.1) is 5.41 Å². The van der Waals surface area contributed by atoms with Crippen molar-refractivity contribution < 1.29 is 0 Å². The number of unbranched alkanes of at least 4 members (excludes halogenated alkanes) is 2. The molecule has 1 spiro atoms. The van der Waals surface area contributed by atoms with Gasteiger partial charge < -0.3 is 31.2 Å². The molecule has 5 N–H and O–H groups in total. The van der Waals surface area contributed by atoms with Crippen LogP contribution in [0.2, 0.25) is 0 Å². The fraction of sp³-hybridized carbons (Fsp3) is 0.577. The Bertz CT molecular complexity index is 1140. The van der Waals surface area contributed by atoms with E-state index in [4.69, 9.17) is 20.7 Å². The first-order valence-corrected chi connectivity index (χ1v) is 13.2. The highest BCUT2D eigenvalue weighted by molar-refractivity contribution is 5.86. The SMILES string of the molecule is NCCCCCNc1nc(Nc2ccc(N3CC4(CNC4)C3)cc2)c2ncn(C3CCCC3)c2n1. The van der Waals surface area contributed by atoms with E-state index in [-0.39, 0.29) is 0 Å². The number of fused-ring (bicyclic) bond motifs is 1. The average Bonchev–Trinajstić information content (AvgIpc) is 3.48. The second-order valence-electron chi connectivity index (χ2n) is 10.6. The molecular weight excluding hydrogens is 438 g/mol. The quantitative estimate of drug-likeness (QED) is 0.329. The number of rotatable bonds is 10. The second-order valence-corrected chi connectivity index (χ2v) is 10.6. The van der Waals surface area contributed by atoms with Gasteiger partial charge in [0.05, 0.1) is 6.33 Å². The summed E-state index contributed by atoms with van der Waals surface area (Å²) in [4.78, 5) is 16.9. The fourth-order valence-electron chi connectivity index (χ4n) is 5.72. The summed E-state index contributed by atoms with van der Waals surface area (Å²) in [5.41, 5.74) is 10.2. The molecule has 0 radical (unpaired) electrons. The Kier molecular flexibility index (Phi) is 6.20. The molecule has 0 bridgehead atoms. The predicted octanol–water partition coefficient (Wildman–Crippen LogP) is 3.64. The third-order valence-electron chi connectivity index (χ3n) is 7.85. The summed E-state index contributed by atoms with van der Waals surface area (Å²) in [6.07, 6.45) is 10.1. The fourth-order valence-corrected chi connectivity index (χ4v) is 5.72. The van der Waals surface area contributed by atoms with E-state index >= 15 is 0 Å². The summed E-state index contributed by atoms with van der Waals surface area (Å²) in [6.45, 7) is 6.19. The molecule has 6 rings (SSSR count). The number of aromatic nitrogens is 4. The molecule has 4 heterocycles. The van der Waals surface area contributed by atoms with Gasteiger partial charge in [0, 0.05) is 55.6 Å². The number of anilines is 4. The zero-order chi connectivity index (χ0) is 23.7. The van der Waals surface area contributed by atoms with Crippen LogP contribution in [0.25, 0.3) is 11.2 Å². The van der Waals surface area contributed by atoms with Gasteiger partial charge in [-0.15, -0.1) is 0 Å². The van der Waals surface area contributed by atoms with Crippen molar-refractivity contribution in [3.63, 3.8) is 0 Å². The number of benzene rings is 1. The summed E-state index contributed by atoms with van der Waals surface area (Å²) in [6, 6.07) is 9.16. The summed E-state index contributed by atoms with van der Waals surface area (Å²) in [7, 11) is 0. The van der Waals surface area contributed by atoms with Gasteiger partial charge in [0.2, 0.25) is 5.95 Å². The van der Waals surface area contributed by atoms with Gasteiger partial charge >= 0.3 is 0 Å². The van der Waals surface area contributed by atoms with E-state index in [0.717, 1.165) is 81.2 Å². The van der Waals surface area contributed by atoms with E-state index in [1.165, 1.54) is 31.4 Å². The van der Waals surface area contributed by atoms with Crippen molar-refractivity contribution in [2.24, 2.45) is 11.1 Å². The Morgan fingerprint density at radius 1 is 1.03 bits per heavy atom. The highest BCUT2D eigenvalue weighted by Crippen LogP contribution is 2.38. The highest BCUT2D eigenvalue weighted by atomic mass is 15.3. The first-order valence-electron chi connectivity index (χ1n) is 13.2. The molecule has 2 saturated heterocycles. The average molecular weight is 476 g/mol. The molecule has 2 aliphatic heterocycles. The van der Waals surface area contributed by atoms with E-state index in [2.05, 4.69) is 49.7 Å². The zero-order valence-corrected chi connectivity index (χ0v) is 20.5. The summed E-state index contributed by atoms with van der Waals surface area (Å²) >= 11 is 0. The molecule has 3 aromatic rings. The van der Waals surface area contributed by atoms with Crippen molar-refractivity contribution in [2.45, 2.75) is 51.0 Å². The number of nitrogens with zero attached hydrogens (tertiary/aromatic N) is 5. The third-order valence-corrected chi connectivity index (χ3v) is 7.85. The Labute approximate surface area is 206 Å². The largest absolute Gasteiger partial charge is 0.370 e. The summed E-state index contributed by atoms with van der Waals surface area (Å²) in [5.74, 6) is 1.41. The third kappa shape index (κ3) is 4.54. The van der Waals surface area contributed by atoms with E-state index < -0.39 is 0 Å². The normalized spacial score (nSPS) is 19.2. The molecule has 0 atom stereocenters. The zero-order valence-electron chi connectivity index (χ0n) is 20.5. The van der Waals surface area contributed by atoms with Crippen LogP contribution in [0.15, 0.2) is 30.6 Å². The van der Waals surface area contributed by atoms with Crippen LogP contribution in [-0.4, -0.2) is 58.8 Å². The molecule has 1 aromatic carbocycles. The smallest absolute Gasteiger partial charge is 0.226 e. The molecule has 9 nitrogen and oxygen atoms in total. The lowest BCUT2D eigenvalue weighted by Crippen LogP contribution is -2.71. The monoisotopic (exact) mass is 475 g/mol.